The fourth-order valence-corrected chi connectivity index (χ4v) is 3.26. The maximum atomic E-state index is 11.5. The molecule has 1 fully saturated rings. The van der Waals surface area contributed by atoms with Gasteiger partial charge in [-0.15, -0.1) is 0 Å². The zero-order chi connectivity index (χ0) is 10.8. The summed E-state index contributed by atoms with van der Waals surface area (Å²) in [4.78, 5) is 0. The van der Waals surface area contributed by atoms with Crippen LogP contribution >= 0.6 is 0 Å². The van der Waals surface area contributed by atoms with E-state index in [-0.39, 0.29) is 12.2 Å². The van der Waals surface area contributed by atoms with Crippen molar-refractivity contribution in [3.8, 4) is 12.1 Å². The van der Waals surface area contributed by atoms with E-state index in [1.807, 2.05) is 12.1 Å². The van der Waals surface area contributed by atoms with Crippen LogP contribution in [0.5, 0.6) is 0 Å². The third-order valence-electron chi connectivity index (χ3n) is 2.81. The van der Waals surface area contributed by atoms with Gasteiger partial charge < -0.3 is 0 Å². The van der Waals surface area contributed by atoms with Crippen LogP contribution in [0.4, 0.5) is 0 Å². The van der Waals surface area contributed by atoms with E-state index in [9.17, 15) is 8.42 Å². The highest BCUT2D eigenvalue weighted by atomic mass is 32.2. The van der Waals surface area contributed by atoms with E-state index in [4.69, 9.17) is 10.5 Å². The Kier molecular flexibility index (Phi) is 2.82. The van der Waals surface area contributed by atoms with Crippen LogP contribution in [0.2, 0.25) is 0 Å². The summed E-state index contributed by atoms with van der Waals surface area (Å²) in [5.74, 6) is 0.0879. The van der Waals surface area contributed by atoms with Gasteiger partial charge in [0.25, 0.3) is 0 Å². The fourth-order valence-electron chi connectivity index (χ4n) is 1.77. The molecular formula is C9H12N2O2S. The highest BCUT2D eigenvalue weighted by molar-refractivity contribution is 7.92. The van der Waals surface area contributed by atoms with Crippen LogP contribution in [-0.2, 0) is 9.84 Å². The molecule has 0 spiro atoms. The van der Waals surface area contributed by atoms with Crippen LogP contribution in [0, 0.1) is 28.1 Å². The minimum Gasteiger partial charge on any atom is -0.229 e. The lowest BCUT2D eigenvalue weighted by Gasteiger charge is -2.11. The molecule has 1 aliphatic carbocycles. The van der Waals surface area contributed by atoms with Crippen molar-refractivity contribution in [2.75, 3.05) is 5.75 Å². The summed E-state index contributed by atoms with van der Waals surface area (Å²) in [6.45, 7) is 1.59. The SMILES string of the molecule is CCS(=O)(=O)C1CCC(C#N)(C#N)C1. The van der Waals surface area contributed by atoms with Crippen molar-refractivity contribution in [3.05, 3.63) is 0 Å². The number of rotatable bonds is 2. The van der Waals surface area contributed by atoms with E-state index >= 15 is 0 Å². The Morgan fingerprint density at radius 2 is 2.00 bits per heavy atom. The normalized spacial score (nSPS) is 25.2. The second kappa shape index (κ2) is 3.59. The molecule has 0 saturated heterocycles. The van der Waals surface area contributed by atoms with Crippen molar-refractivity contribution in [3.63, 3.8) is 0 Å². The molecule has 0 N–H and O–H groups in total. The largest absolute Gasteiger partial charge is 0.229 e. The van der Waals surface area contributed by atoms with Crippen LogP contribution in [-0.4, -0.2) is 19.4 Å². The molecule has 0 bridgehead atoms. The van der Waals surface area contributed by atoms with Gasteiger partial charge in [-0.3, -0.25) is 0 Å². The molecule has 5 heteroatoms. The Morgan fingerprint density at radius 1 is 1.43 bits per heavy atom. The predicted molar refractivity (Wildman–Crippen MR) is 50.8 cm³/mol. The van der Waals surface area contributed by atoms with Crippen molar-refractivity contribution >= 4 is 9.84 Å². The Bertz CT molecular complexity index is 386. The molecule has 0 aromatic carbocycles. The summed E-state index contributed by atoms with van der Waals surface area (Å²) in [6.07, 6.45) is 0.997. The zero-order valence-electron chi connectivity index (χ0n) is 8.02. The van der Waals surface area contributed by atoms with Crippen molar-refractivity contribution in [1.82, 2.24) is 0 Å². The molecule has 0 radical (unpaired) electrons. The quantitative estimate of drug-likeness (QED) is 0.684. The Morgan fingerprint density at radius 3 is 2.36 bits per heavy atom. The molecule has 0 heterocycles. The van der Waals surface area contributed by atoms with E-state index in [0.29, 0.717) is 12.8 Å². The molecule has 14 heavy (non-hydrogen) atoms. The molecule has 1 saturated carbocycles. The first-order valence-electron chi connectivity index (χ1n) is 4.54. The summed E-state index contributed by atoms with van der Waals surface area (Å²) in [7, 11) is -3.09. The predicted octanol–water partition coefficient (Wildman–Crippen LogP) is 1.01. The van der Waals surface area contributed by atoms with Gasteiger partial charge in [-0.1, -0.05) is 6.92 Å². The van der Waals surface area contributed by atoms with Gasteiger partial charge in [0.1, 0.15) is 5.41 Å². The van der Waals surface area contributed by atoms with Crippen molar-refractivity contribution in [1.29, 1.82) is 10.5 Å². The number of sulfone groups is 1. The van der Waals surface area contributed by atoms with E-state index < -0.39 is 20.5 Å². The Hall–Kier alpha value is -1.07. The van der Waals surface area contributed by atoms with E-state index in [1.165, 1.54) is 0 Å². The lowest BCUT2D eigenvalue weighted by molar-refractivity contribution is 0.538. The summed E-state index contributed by atoms with van der Waals surface area (Å²) < 4.78 is 23.0. The highest BCUT2D eigenvalue weighted by Crippen LogP contribution is 2.40. The minimum absolute atomic E-state index is 0.0879. The third kappa shape index (κ3) is 1.73. The Labute approximate surface area is 84.1 Å². The fraction of sp³-hybridized carbons (Fsp3) is 0.778. The van der Waals surface area contributed by atoms with Crippen LogP contribution in [0.1, 0.15) is 26.2 Å². The van der Waals surface area contributed by atoms with Crippen LogP contribution < -0.4 is 0 Å². The molecule has 1 unspecified atom stereocenters. The van der Waals surface area contributed by atoms with Crippen LogP contribution in [0.25, 0.3) is 0 Å². The highest BCUT2D eigenvalue weighted by Gasteiger charge is 2.44. The molecule has 1 atom stereocenters. The topological polar surface area (TPSA) is 81.7 Å². The molecule has 0 aromatic heterocycles. The second-order valence-corrected chi connectivity index (χ2v) is 6.19. The average molecular weight is 212 g/mol. The first kappa shape index (κ1) is 11.0. The van der Waals surface area contributed by atoms with Gasteiger partial charge >= 0.3 is 0 Å². The molecule has 0 amide bonds. The van der Waals surface area contributed by atoms with Gasteiger partial charge in [-0.2, -0.15) is 10.5 Å². The van der Waals surface area contributed by atoms with Crippen molar-refractivity contribution in [2.45, 2.75) is 31.4 Å². The lowest BCUT2D eigenvalue weighted by atomic mass is 9.90. The molecule has 0 aliphatic heterocycles. The number of nitriles is 2. The number of hydrogen-bond acceptors (Lipinski definition) is 4. The number of hydrogen-bond donors (Lipinski definition) is 0. The standard InChI is InChI=1S/C9H12N2O2S/c1-2-14(12,13)8-3-4-9(5-8,6-10)7-11/h8H,2-5H2,1H3. The summed E-state index contributed by atoms with van der Waals surface area (Å²) in [5.41, 5.74) is -1.06. The lowest BCUT2D eigenvalue weighted by Crippen LogP contribution is -2.22. The van der Waals surface area contributed by atoms with Gasteiger partial charge in [0.2, 0.25) is 0 Å². The summed E-state index contributed by atoms with van der Waals surface area (Å²) in [5, 5.41) is 17.1. The van der Waals surface area contributed by atoms with Gasteiger partial charge in [-0.25, -0.2) is 8.42 Å². The number of nitrogens with zero attached hydrogens (tertiary/aromatic N) is 2. The zero-order valence-corrected chi connectivity index (χ0v) is 8.84. The van der Waals surface area contributed by atoms with E-state index in [0.717, 1.165) is 0 Å². The average Bonchev–Trinajstić information content (AvgIpc) is 2.63. The summed E-state index contributed by atoms with van der Waals surface area (Å²) in [6, 6.07) is 3.86. The van der Waals surface area contributed by atoms with Crippen LogP contribution in [0.15, 0.2) is 0 Å². The first-order chi connectivity index (χ1) is 6.49. The molecule has 0 aromatic rings. The minimum atomic E-state index is -3.09. The smallest absolute Gasteiger partial charge is 0.152 e. The summed E-state index contributed by atoms with van der Waals surface area (Å²) >= 11 is 0. The third-order valence-corrected chi connectivity index (χ3v) is 5.03. The van der Waals surface area contributed by atoms with Gasteiger partial charge in [0, 0.05) is 5.75 Å². The Balaban J connectivity index is 2.88. The maximum Gasteiger partial charge on any atom is 0.152 e. The molecule has 76 valence electrons. The van der Waals surface area contributed by atoms with Crippen LogP contribution in [0.3, 0.4) is 0 Å². The van der Waals surface area contributed by atoms with Crippen molar-refractivity contribution in [2.24, 2.45) is 5.41 Å². The van der Waals surface area contributed by atoms with Crippen molar-refractivity contribution < 1.29 is 8.42 Å². The molecule has 4 nitrogen and oxygen atoms in total. The van der Waals surface area contributed by atoms with E-state index in [1.54, 1.807) is 6.92 Å². The first-order valence-corrected chi connectivity index (χ1v) is 6.25. The van der Waals surface area contributed by atoms with Gasteiger partial charge in [0.15, 0.2) is 9.84 Å². The van der Waals surface area contributed by atoms with E-state index in [2.05, 4.69) is 0 Å². The monoisotopic (exact) mass is 212 g/mol. The van der Waals surface area contributed by atoms with Gasteiger partial charge in [0.05, 0.1) is 17.4 Å². The van der Waals surface area contributed by atoms with Gasteiger partial charge in [-0.05, 0) is 19.3 Å². The molecule has 1 rings (SSSR count). The second-order valence-electron chi connectivity index (χ2n) is 3.62. The maximum absolute atomic E-state index is 11.5. The molecule has 1 aliphatic rings. The molecular weight excluding hydrogens is 200 g/mol.